The Kier molecular flexibility index (Phi) is 5.14. The summed E-state index contributed by atoms with van der Waals surface area (Å²) in [5.41, 5.74) is 4.24. The summed E-state index contributed by atoms with van der Waals surface area (Å²) in [7, 11) is 1.59. The van der Waals surface area contributed by atoms with Crippen LogP contribution in [0.5, 0.6) is 5.75 Å². The Morgan fingerprint density at radius 2 is 1.73 bits per heavy atom. The van der Waals surface area contributed by atoms with Crippen LogP contribution in [0.25, 0.3) is 28.1 Å². The number of anilines is 1. The van der Waals surface area contributed by atoms with E-state index in [2.05, 4.69) is 5.32 Å². The number of ether oxygens (including phenoxy) is 1. The summed E-state index contributed by atoms with van der Waals surface area (Å²) < 4.78 is 8.63. The molecule has 1 N–H and O–H groups in total. The fourth-order valence-corrected chi connectivity index (χ4v) is 4.00. The molecule has 0 saturated heterocycles. The van der Waals surface area contributed by atoms with E-state index in [1.54, 1.807) is 16.1 Å². The minimum Gasteiger partial charge on any atom is -0.497 e. The van der Waals surface area contributed by atoms with Gasteiger partial charge in [0.25, 0.3) is 5.56 Å². The van der Waals surface area contributed by atoms with Crippen molar-refractivity contribution in [3.8, 4) is 17.0 Å². The average Bonchev–Trinajstić information content (AvgIpc) is 3.14. The van der Waals surface area contributed by atoms with Crippen molar-refractivity contribution in [2.24, 2.45) is 0 Å². The number of nitrogens with one attached hydrogen (secondary N) is 1. The van der Waals surface area contributed by atoms with Gasteiger partial charge in [0.05, 0.1) is 23.8 Å². The predicted molar refractivity (Wildman–Crippen MR) is 129 cm³/mol. The Bertz CT molecular complexity index is 1570. The summed E-state index contributed by atoms with van der Waals surface area (Å²) in [4.78, 5) is 30.9. The lowest BCUT2D eigenvalue weighted by Gasteiger charge is -2.10. The molecular weight excluding hydrogens is 416 g/mol. The molecule has 0 fully saturated rings. The highest BCUT2D eigenvalue weighted by molar-refractivity contribution is 5.93. The number of amides is 1. The van der Waals surface area contributed by atoms with E-state index in [9.17, 15) is 9.59 Å². The second-order valence-corrected chi connectivity index (χ2v) is 7.78. The number of benzene rings is 3. The average molecular weight is 438 g/mol. The molecule has 5 rings (SSSR count). The standard InChI is InChI=1S/C26H22N4O3/c1-17-8-3-4-11-20(17)27-24(31)16-29-22-12-5-6-13-23(22)30-25(32)15-21(28-26(29)30)18-9-7-10-19(14-18)33-2/h3-15H,16H2,1-2H3,(H,27,31). The molecule has 0 bridgehead atoms. The van der Waals surface area contributed by atoms with Gasteiger partial charge in [-0.05, 0) is 42.8 Å². The molecule has 33 heavy (non-hydrogen) atoms. The maximum Gasteiger partial charge on any atom is 0.260 e. The highest BCUT2D eigenvalue weighted by atomic mass is 16.5. The fourth-order valence-electron chi connectivity index (χ4n) is 4.00. The molecule has 3 aromatic carbocycles. The molecule has 2 heterocycles. The van der Waals surface area contributed by atoms with Crippen LogP contribution >= 0.6 is 0 Å². The van der Waals surface area contributed by atoms with Crippen LogP contribution in [0.1, 0.15) is 5.56 Å². The van der Waals surface area contributed by atoms with E-state index in [1.807, 2.05) is 79.7 Å². The number of hydrogen-bond donors (Lipinski definition) is 1. The third kappa shape index (κ3) is 3.74. The summed E-state index contributed by atoms with van der Waals surface area (Å²) in [5.74, 6) is 0.877. The Morgan fingerprint density at radius 3 is 2.52 bits per heavy atom. The van der Waals surface area contributed by atoms with Gasteiger partial charge in [0.1, 0.15) is 12.3 Å². The molecule has 0 unspecified atom stereocenters. The van der Waals surface area contributed by atoms with Gasteiger partial charge in [-0.1, -0.05) is 42.5 Å². The predicted octanol–water partition coefficient (Wildman–Crippen LogP) is 4.27. The maximum absolute atomic E-state index is 13.2. The largest absolute Gasteiger partial charge is 0.497 e. The van der Waals surface area contributed by atoms with E-state index in [0.29, 0.717) is 22.7 Å². The molecule has 0 atom stereocenters. The molecule has 0 aliphatic carbocycles. The number of aromatic nitrogens is 3. The highest BCUT2D eigenvalue weighted by Crippen LogP contribution is 2.24. The maximum atomic E-state index is 13.2. The van der Waals surface area contributed by atoms with Gasteiger partial charge >= 0.3 is 0 Å². The van der Waals surface area contributed by atoms with Crippen molar-refractivity contribution in [3.63, 3.8) is 0 Å². The topological polar surface area (TPSA) is 77.6 Å². The number of carbonyl (C=O) groups is 1. The molecular formula is C26H22N4O3. The van der Waals surface area contributed by atoms with E-state index in [4.69, 9.17) is 9.72 Å². The van der Waals surface area contributed by atoms with Crippen LogP contribution in [-0.4, -0.2) is 27.0 Å². The van der Waals surface area contributed by atoms with Crippen molar-refractivity contribution in [1.82, 2.24) is 14.0 Å². The molecule has 0 aliphatic rings. The van der Waals surface area contributed by atoms with Crippen LogP contribution in [0.2, 0.25) is 0 Å². The number of imidazole rings is 1. The minimum atomic E-state index is -0.216. The van der Waals surface area contributed by atoms with Crippen LogP contribution in [-0.2, 0) is 11.3 Å². The zero-order chi connectivity index (χ0) is 22.9. The van der Waals surface area contributed by atoms with E-state index >= 15 is 0 Å². The lowest BCUT2D eigenvalue weighted by atomic mass is 10.1. The summed E-state index contributed by atoms with van der Waals surface area (Å²) >= 11 is 0. The fraction of sp³-hybridized carbons (Fsp3) is 0.115. The van der Waals surface area contributed by atoms with Gasteiger partial charge in [-0.25, -0.2) is 9.38 Å². The Hall–Kier alpha value is -4.39. The molecule has 5 aromatic rings. The molecule has 0 aliphatic heterocycles. The van der Waals surface area contributed by atoms with Crippen LogP contribution in [0.15, 0.2) is 83.7 Å². The molecule has 164 valence electrons. The van der Waals surface area contributed by atoms with Crippen LogP contribution in [0.3, 0.4) is 0 Å². The number of para-hydroxylation sites is 3. The molecule has 1 amide bonds. The van der Waals surface area contributed by atoms with E-state index in [0.717, 1.165) is 22.3 Å². The van der Waals surface area contributed by atoms with Crippen LogP contribution in [0, 0.1) is 6.92 Å². The monoisotopic (exact) mass is 438 g/mol. The molecule has 0 spiro atoms. The number of hydrogen-bond acceptors (Lipinski definition) is 4. The molecule has 0 radical (unpaired) electrons. The summed E-state index contributed by atoms with van der Waals surface area (Å²) in [6.07, 6.45) is 0. The van der Waals surface area contributed by atoms with Gasteiger partial charge in [-0.15, -0.1) is 0 Å². The normalized spacial score (nSPS) is 11.1. The first-order valence-electron chi connectivity index (χ1n) is 10.6. The molecule has 2 aromatic heterocycles. The third-order valence-electron chi connectivity index (χ3n) is 5.64. The number of methoxy groups -OCH3 is 1. The number of rotatable bonds is 5. The first kappa shape index (κ1) is 20.5. The van der Waals surface area contributed by atoms with Gasteiger partial charge < -0.3 is 14.6 Å². The van der Waals surface area contributed by atoms with Crippen LogP contribution < -0.4 is 15.6 Å². The molecule has 0 saturated carbocycles. The van der Waals surface area contributed by atoms with Crippen molar-refractivity contribution in [2.75, 3.05) is 12.4 Å². The first-order valence-corrected chi connectivity index (χ1v) is 10.6. The number of nitrogens with zero attached hydrogens (tertiary/aromatic N) is 3. The lowest BCUT2D eigenvalue weighted by Crippen LogP contribution is -2.21. The van der Waals surface area contributed by atoms with Gasteiger partial charge in [0, 0.05) is 17.3 Å². The van der Waals surface area contributed by atoms with Gasteiger partial charge in [-0.2, -0.15) is 0 Å². The van der Waals surface area contributed by atoms with Gasteiger partial charge in [0.15, 0.2) is 0 Å². The Balaban J connectivity index is 1.65. The first-order chi connectivity index (χ1) is 16.0. The lowest BCUT2D eigenvalue weighted by molar-refractivity contribution is -0.116. The highest BCUT2D eigenvalue weighted by Gasteiger charge is 2.17. The summed E-state index contributed by atoms with van der Waals surface area (Å²) in [6.45, 7) is 1.96. The van der Waals surface area contributed by atoms with Gasteiger partial charge in [-0.3, -0.25) is 9.59 Å². The van der Waals surface area contributed by atoms with Crippen molar-refractivity contribution in [2.45, 2.75) is 13.5 Å². The minimum absolute atomic E-state index is 0.0132. The molecule has 7 heteroatoms. The Labute approximate surface area is 189 Å². The SMILES string of the molecule is COc1cccc(-c2cc(=O)n3c4ccccc4n(CC(=O)Nc4ccccc4C)c3n2)c1. The second-order valence-electron chi connectivity index (χ2n) is 7.78. The van der Waals surface area contributed by atoms with Crippen molar-refractivity contribution in [1.29, 1.82) is 0 Å². The van der Waals surface area contributed by atoms with Crippen molar-refractivity contribution in [3.05, 3.63) is 94.8 Å². The Morgan fingerprint density at radius 1 is 0.970 bits per heavy atom. The number of aryl methyl sites for hydroxylation is 1. The quantitative estimate of drug-likeness (QED) is 0.445. The van der Waals surface area contributed by atoms with E-state index in [-0.39, 0.29) is 18.0 Å². The van der Waals surface area contributed by atoms with Crippen molar-refractivity contribution >= 4 is 28.4 Å². The van der Waals surface area contributed by atoms with E-state index < -0.39 is 0 Å². The number of carbonyl (C=O) groups excluding carboxylic acids is 1. The van der Waals surface area contributed by atoms with Crippen LogP contribution in [0.4, 0.5) is 5.69 Å². The zero-order valence-corrected chi connectivity index (χ0v) is 18.3. The molecule has 7 nitrogen and oxygen atoms in total. The summed E-state index contributed by atoms with van der Waals surface area (Å²) in [6, 6.07) is 24.0. The van der Waals surface area contributed by atoms with E-state index in [1.165, 1.54) is 6.07 Å². The number of fused-ring (bicyclic) bond motifs is 3. The van der Waals surface area contributed by atoms with Gasteiger partial charge in [0.2, 0.25) is 11.7 Å². The summed E-state index contributed by atoms with van der Waals surface area (Å²) in [5, 5.41) is 2.96. The third-order valence-corrected chi connectivity index (χ3v) is 5.64. The van der Waals surface area contributed by atoms with Crippen molar-refractivity contribution < 1.29 is 9.53 Å². The zero-order valence-electron chi connectivity index (χ0n) is 18.3. The second kappa shape index (κ2) is 8.27. The smallest absolute Gasteiger partial charge is 0.260 e.